The lowest BCUT2D eigenvalue weighted by molar-refractivity contribution is -0.149. The van der Waals surface area contributed by atoms with E-state index in [0.717, 1.165) is 16.9 Å². The van der Waals surface area contributed by atoms with Crippen molar-refractivity contribution >= 4 is 12.0 Å². The molecule has 19 heavy (non-hydrogen) atoms. The van der Waals surface area contributed by atoms with Crippen LogP contribution in [0.3, 0.4) is 0 Å². The number of hydrogen-bond acceptors (Lipinski definition) is 3. The third kappa shape index (κ3) is 4.78. The lowest BCUT2D eigenvalue weighted by Crippen LogP contribution is -2.24. The summed E-state index contributed by atoms with van der Waals surface area (Å²) in [6.07, 6.45) is 1.82. The van der Waals surface area contributed by atoms with Crippen molar-refractivity contribution in [3.8, 4) is 5.75 Å². The highest BCUT2D eigenvalue weighted by Crippen LogP contribution is 2.20. The van der Waals surface area contributed by atoms with Crippen molar-refractivity contribution in [2.75, 3.05) is 7.11 Å². The Kier molecular flexibility index (Phi) is 4.76. The van der Waals surface area contributed by atoms with Gasteiger partial charge in [0.25, 0.3) is 0 Å². The van der Waals surface area contributed by atoms with Crippen LogP contribution in [0.2, 0.25) is 0 Å². The summed E-state index contributed by atoms with van der Waals surface area (Å²) in [5.74, 6) is 0.549. The minimum Gasteiger partial charge on any atom is -0.496 e. The molecule has 104 valence electrons. The minimum atomic E-state index is -0.470. The highest BCUT2D eigenvalue weighted by molar-refractivity contribution is 5.93. The van der Waals surface area contributed by atoms with Crippen molar-refractivity contribution in [1.82, 2.24) is 0 Å². The van der Waals surface area contributed by atoms with Gasteiger partial charge in [0.2, 0.25) is 0 Å². The second-order valence-electron chi connectivity index (χ2n) is 5.56. The maximum atomic E-state index is 11.9. The topological polar surface area (TPSA) is 35.5 Å². The van der Waals surface area contributed by atoms with Crippen LogP contribution in [0.5, 0.6) is 5.75 Å². The number of carbonyl (C=O) groups is 1. The van der Waals surface area contributed by atoms with Crippen LogP contribution in [-0.4, -0.2) is 18.7 Å². The molecule has 0 heterocycles. The highest BCUT2D eigenvalue weighted by atomic mass is 16.6. The van der Waals surface area contributed by atoms with Crippen LogP contribution in [0, 0.1) is 6.92 Å². The van der Waals surface area contributed by atoms with Crippen LogP contribution in [0.4, 0.5) is 0 Å². The Labute approximate surface area is 115 Å². The predicted octanol–water partition coefficient (Wildman–Crippen LogP) is 3.75. The molecule has 3 heteroatoms. The number of aryl methyl sites for hydroxylation is 1. The highest BCUT2D eigenvalue weighted by Gasteiger charge is 2.17. The number of carbonyl (C=O) groups excluding carboxylic acids is 1. The average molecular weight is 262 g/mol. The van der Waals surface area contributed by atoms with E-state index >= 15 is 0 Å². The lowest BCUT2D eigenvalue weighted by atomic mass is 10.1. The van der Waals surface area contributed by atoms with E-state index in [9.17, 15) is 4.79 Å². The largest absolute Gasteiger partial charge is 0.496 e. The van der Waals surface area contributed by atoms with Crippen LogP contribution >= 0.6 is 0 Å². The molecule has 0 spiro atoms. The number of ether oxygens (including phenoxy) is 2. The maximum absolute atomic E-state index is 11.9. The van der Waals surface area contributed by atoms with Gasteiger partial charge in [0.15, 0.2) is 0 Å². The first-order valence-electron chi connectivity index (χ1n) is 6.29. The predicted molar refractivity (Wildman–Crippen MR) is 77.2 cm³/mol. The maximum Gasteiger partial charge on any atom is 0.334 e. The fourth-order valence-electron chi connectivity index (χ4n) is 1.66. The van der Waals surface area contributed by atoms with E-state index in [4.69, 9.17) is 9.47 Å². The number of benzene rings is 1. The Bertz CT molecular complexity index is 493. The van der Waals surface area contributed by atoms with E-state index in [1.807, 2.05) is 52.0 Å². The van der Waals surface area contributed by atoms with Crippen LogP contribution in [0.1, 0.15) is 38.8 Å². The van der Waals surface area contributed by atoms with Gasteiger partial charge in [-0.3, -0.25) is 0 Å². The van der Waals surface area contributed by atoms with E-state index in [-0.39, 0.29) is 5.97 Å². The third-order valence-corrected chi connectivity index (χ3v) is 2.52. The summed E-state index contributed by atoms with van der Waals surface area (Å²) in [4.78, 5) is 11.9. The van der Waals surface area contributed by atoms with Gasteiger partial charge >= 0.3 is 5.97 Å². The number of hydrogen-bond donors (Lipinski definition) is 0. The first kappa shape index (κ1) is 15.3. The van der Waals surface area contributed by atoms with E-state index in [1.54, 1.807) is 14.0 Å². The van der Waals surface area contributed by atoms with Gasteiger partial charge < -0.3 is 9.47 Å². The molecular weight excluding hydrogens is 240 g/mol. The first-order valence-corrected chi connectivity index (χ1v) is 6.29. The fourth-order valence-corrected chi connectivity index (χ4v) is 1.66. The van der Waals surface area contributed by atoms with E-state index < -0.39 is 5.60 Å². The molecule has 3 nitrogen and oxygen atoms in total. The van der Waals surface area contributed by atoms with Crippen molar-refractivity contribution in [2.45, 2.75) is 40.2 Å². The van der Waals surface area contributed by atoms with Crippen LogP contribution in [0.15, 0.2) is 23.8 Å². The van der Waals surface area contributed by atoms with Gasteiger partial charge in [-0.2, -0.15) is 0 Å². The number of rotatable bonds is 3. The molecule has 0 aromatic heterocycles. The van der Waals surface area contributed by atoms with Crippen LogP contribution < -0.4 is 4.74 Å². The molecule has 0 aliphatic heterocycles. The Morgan fingerprint density at radius 3 is 2.37 bits per heavy atom. The van der Waals surface area contributed by atoms with Gasteiger partial charge in [0, 0.05) is 5.57 Å². The van der Waals surface area contributed by atoms with E-state index in [2.05, 4.69) is 0 Å². The number of methoxy groups -OCH3 is 1. The molecule has 0 bridgehead atoms. The summed E-state index contributed by atoms with van der Waals surface area (Å²) in [6, 6.07) is 5.79. The lowest BCUT2D eigenvalue weighted by Gasteiger charge is -2.19. The summed E-state index contributed by atoms with van der Waals surface area (Å²) in [7, 11) is 1.64. The van der Waals surface area contributed by atoms with E-state index in [0.29, 0.717) is 5.57 Å². The third-order valence-electron chi connectivity index (χ3n) is 2.52. The van der Waals surface area contributed by atoms with Crippen LogP contribution in [-0.2, 0) is 9.53 Å². The Morgan fingerprint density at radius 2 is 1.89 bits per heavy atom. The Hall–Kier alpha value is -1.77. The normalized spacial score (nSPS) is 12.2. The molecule has 0 N–H and O–H groups in total. The smallest absolute Gasteiger partial charge is 0.334 e. The molecule has 0 aliphatic rings. The summed E-state index contributed by atoms with van der Waals surface area (Å²) in [6.45, 7) is 9.30. The van der Waals surface area contributed by atoms with Gasteiger partial charge in [0.05, 0.1) is 7.11 Å². The molecule has 0 saturated carbocycles. The quantitative estimate of drug-likeness (QED) is 0.614. The molecule has 0 unspecified atom stereocenters. The second kappa shape index (κ2) is 5.91. The summed E-state index contributed by atoms with van der Waals surface area (Å²) >= 11 is 0. The van der Waals surface area contributed by atoms with Crippen LogP contribution in [0.25, 0.3) is 6.08 Å². The summed E-state index contributed by atoms with van der Waals surface area (Å²) < 4.78 is 10.5. The van der Waals surface area contributed by atoms with Crippen molar-refractivity contribution in [2.24, 2.45) is 0 Å². The SMILES string of the molecule is COc1ccc(/C=C(\C)C(=O)OC(C)(C)C)cc1C. The summed E-state index contributed by atoms with van der Waals surface area (Å²) in [5.41, 5.74) is 2.11. The van der Waals surface area contributed by atoms with Gasteiger partial charge in [-0.05, 0) is 64.0 Å². The number of esters is 1. The van der Waals surface area contributed by atoms with Crippen molar-refractivity contribution in [3.05, 3.63) is 34.9 Å². The monoisotopic (exact) mass is 262 g/mol. The molecule has 0 amide bonds. The molecular formula is C16H22O3. The fraction of sp³-hybridized carbons (Fsp3) is 0.438. The van der Waals surface area contributed by atoms with Crippen molar-refractivity contribution in [3.63, 3.8) is 0 Å². The molecule has 0 atom stereocenters. The molecule has 0 saturated heterocycles. The molecule has 1 aromatic carbocycles. The molecule has 1 aromatic rings. The first-order chi connectivity index (χ1) is 8.73. The van der Waals surface area contributed by atoms with Gasteiger partial charge in [-0.25, -0.2) is 4.79 Å². The second-order valence-corrected chi connectivity index (χ2v) is 5.56. The zero-order chi connectivity index (χ0) is 14.6. The van der Waals surface area contributed by atoms with Crippen molar-refractivity contribution < 1.29 is 14.3 Å². The Balaban J connectivity index is 2.90. The Morgan fingerprint density at radius 1 is 1.26 bits per heavy atom. The minimum absolute atomic E-state index is 0.291. The van der Waals surface area contributed by atoms with E-state index in [1.165, 1.54) is 0 Å². The molecule has 1 rings (SSSR count). The molecule has 0 aliphatic carbocycles. The zero-order valence-corrected chi connectivity index (χ0v) is 12.5. The standard InChI is InChI=1S/C16H22O3/c1-11-9-13(7-8-14(11)18-6)10-12(2)15(17)19-16(3,4)5/h7-10H,1-6H3/b12-10+. The molecule has 0 fully saturated rings. The zero-order valence-electron chi connectivity index (χ0n) is 12.5. The molecule has 0 radical (unpaired) electrons. The van der Waals surface area contributed by atoms with Gasteiger partial charge in [0.1, 0.15) is 11.4 Å². The summed E-state index contributed by atoms with van der Waals surface area (Å²) in [5, 5.41) is 0. The van der Waals surface area contributed by atoms with Gasteiger partial charge in [-0.1, -0.05) is 6.07 Å². The van der Waals surface area contributed by atoms with Crippen molar-refractivity contribution in [1.29, 1.82) is 0 Å². The van der Waals surface area contributed by atoms with Gasteiger partial charge in [-0.15, -0.1) is 0 Å². The average Bonchev–Trinajstić information content (AvgIpc) is 2.27.